The third-order valence-corrected chi connectivity index (χ3v) is 4.14. The number of aliphatic carboxylic acids is 1. The van der Waals surface area contributed by atoms with E-state index in [1.165, 1.54) is 0 Å². The van der Waals surface area contributed by atoms with E-state index in [9.17, 15) is 4.79 Å². The van der Waals surface area contributed by atoms with Crippen molar-refractivity contribution in [1.82, 2.24) is 0 Å². The molecule has 0 radical (unpaired) electrons. The van der Waals surface area contributed by atoms with E-state index >= 15 is 0 Å². The molecule has 0 bridgehead atoms. The van der Waals surface area contributed by atoms with Crippen LogP contribution in [0.5, 0.6) is 0 Å². The van der Waals surface area contributed by atoms with Gasteiger partial charge in [0.05, 0.1) is 5.92 Å². The van der Waals surface area contributed by atoms with Gasteiger partial charge in [0.15, 0.2) is 0 Å². The molecule has 0 aliphatic heterocycles. The van der Waals surface area contributed by atoms with Crippen LogP contribution in [-0.4, -0.2) is 17.6 Å². The molecule has 0 aromatic carbocycles. The molecule has 0 spiro atoms. The van der Waals surface area contributed by atoms with Crippen LogP contribution in [0, 0.1) is 23.2 Å². The number of hydrogen-bond acceptors (Lipinski definition) is 2. The molecule has 1 aliphatic carbocycles. The molecule has 1 atom stereocenters. The predicted octanol–water partition coefficient (Wildman–Crippen LogP) is 2.92. The maximum absolute atomic E-state index is 11.0. The van der Waals surface area contributed by atoms with E-state index in [-0.39, 0.29) is 24.9 Å². The summed E-state index contributed by atoms with van der Waals surface area (Å²) in [4.78, 5) is 11.0. The molecule has 3 nitrogen and oxygen atoms in total. The van der Waals surface area contributed by atoms with E-state index in [2.05, 4.69) is 20.8 Å². The minimum atomic E-state index is -0.721. The Morgan fingerprint density at radius 1 is 1.29 bits per heavy atom. The second kappa shape index (κ2) is 6.60. The number of nitrogens with two attached hydrogens (primary N) is 1. The van der Waals surface area contributed by atoms with Crippen LogP contribution < -0.4 is 5.73 Å². The lowest BCUT2D eigenvalue weighted by Crippen LogP contribution is -2.35. The Hall–Kier alpha value is -0.280. The van der Waals surface area contributed by atoms with Crippen molar-refractivity contribution >= 4 is 18.4 Å². The van der Waals surface area contributed by atoms with E-state index in [0.717, 1.165) is 31.6 Å². The van der Waals surface area contributed by atoms with Crippen LogP contribution in [0.25, 0.3) is 0 Å². The highest BCUT2D eigenvalue weighted by molar-refractivity contribution is 5.85. The zero-order valence-corrected chi connectivity index (χ0v) is 11.9. The SMILES string of the molecule is CC(C)(C)C1CCC(C(CN)C(=O)O)CC1.Cl. The molecule has 0 heterocycles. The largest absolute Gasteiger partial charge is 0.481 e. The van der Waals surface area contributed by atoms with Crippen LogP contribution in [0.4, 0.5) is 0 Å². The fourth-order valence-corrected chi connectivity index (χ4v) is 2.88. The fraction of sp³-hybridized carbons (Fsp3) is 0.923. The van der Waals surface area contributed by atoms with Gasteiger partial charge in [0.1, 0.15) is 0 Å². The number of halogens is 1. The molecule has 1 aliphatic rings. The summed E-state index contributed by atoms with van der Waals surface area (Å²) in [6.07, 6.45) is 4.35. The maximum atomic E-state index is 11.0. The van der Waals surface area contributed by atoms with Gasteiger partial charge in [-0.05, 0) is 42.9 Å². The van der Waals surface area contributed by atoms with Gasteiger partial charge in [-0.1, -0.05) is 20.8 Å². The first kappa shape index (κ1) is 16.7. The number of hydrogen-bond donors (Lipinski definition) is 2. The molecule has 1 unspecified atom stereocenters. The van der Waals surface area contributed by atoms with Crippen LogP contribution in [0.3, 0.4) is 0 Å². The van der Waals surface area contributed by atoms with Crippen LogP contribution in [0.1, 0.15) is 46.5 Å². The van der Waals surface area contributed by atoms with Crippen molar-refractivity contribution in [3.8, 4) is 0 Å². The summed E-state index contributed by atoms with van der Waals surface area (Å²) < 4.78 is 0. The van der Waals surface area contributed by atoms with Crippen LogP contribution in [0.2, 0.25) is 0 Å². The number of carboxylic acid groups (broad SMARTS) is 1. The Bertz CT molecular complexity index is 242. The van der Waals surface area contributed by atoms with Crippen molar-refractivity contribution in [3.63, 3.8) is 0 Å². The summed E-state index contributed by atoms with van der Waals surface area (Å²) >= 11 is 0. The van der Waals surface area contributed by atoms with E-state index in [4.69, 9.17) is 10.8 Å². The normalized spacial score (nSPS) is 27.1. The average Bonchev–Trinajstić information content (AvgIpc) is 2.17. The second-order valence-corrected chi connectivity index (χ2v) is 6.16. The first-order valence-electron chi connectivity index (χ1n) is 6.29. The van der Waals surface area contributed by atoms with Gasteiger partial charge in [0.2, 0.25) is 0 Å². The summed E-state index contributed by atoms with van der Waals surface area (Å²) in [5, 5.41) is 9.07. The summed E-state index contributed by atoms with van der Waals surface area (Å²) in [7, 11) is 0. The highest BCUT2D eigenvalue weighted by atomic mass is 35.5. The van der Waals surface area contributed by atoms with Crippen LogP contribution >= 0.6 is 12.4 Å². The van der Waals surface area contributed by atoms with Gasteiger partial charge in [-0.15, -0.1) is 12.4 Å². The second-order valence-electron chi connectivity index (χ2n) is 6.16. The van der Waals surface area contributed by atoms with Crippen molar-refractivity contribution in [2.24, 2.45) is 28.9 Å². The quantitative estimate of drug-likeness (QED) is 0.823. The zero-order valence-electron chi connectivity index (χ0n) is 11.1. The molecule has 1 fully saturated rings. The topological polar surface area (TPSA) is 63.3 Å². The standard InChI is InChI=1S/C13H25NO2.ClH/c1-13(2,3)10-6-4-9(5-7-10)11(8-14)12(15)16;/h9-11H,4-8,14H2,1-3H3,(H,15,16);1H. The fourth-order valence-electron chi connectivity index (χ4n) is 2.88. The summed E-state index contributed by atoms with van der Waals surface area (Å²) in [6, 6.07) is 0. The molecule has 3 N–H and O–H groups in total. The molecule has 0 amide bonds. The first-order chi connectivity index (χ1) is 7.36. The highest BCUT2D eigenvalue weighted by Gasteiger charge is 2.34. The lowest BCUT2D eigenvalue weighted by atomic mass is 9.67. The molecule has 1 rings (SSSR count). The van der Waals surface area contributed by atoms with E-state index < -0.39 is 5.97 Å². The van der Waals surface area contributed by atoms with E-state index in [1.807, 2.05) is 0 Å². The maximum Gasteiger partial charge on any atom is 0.308 e. The minimum Gasteiger partial charge on any atom is -0.481 e. The van der Waals surface area contributed by atoms with Crippen molar-refractivity contribution in [2.75, 3.05) is 6.54 Å². The predicted molar refractivity (Wildman–Crippen MR) is 72.3 cm³/mol. The molecule has 0 aromatic heterocycles. The Morgan fingerprint density at radius 2 is 1.76 bits per heavy atom. The molecule has 4 heteroatoms. The van der Waals surface area contributed by atoms with Crippen molar-refractivity contribution in [1.29, 1.82) is 0 Å². The third-order valence-electron chi connectivity index (χ3n) is 4.14. The zero-order chi connectivity index (χ0) is 12.3. The molecular formula is C13H26ClNO2. The smallest absolute Gasteiger partial charge is 0.308 e. The number of rotatable bonds is 3. The minimum absolute atomic E-state index is 0. The van der Waals surface area contributed by atoms with Gasteiger partial charge in [-0.3, -0.25) is 4.79 Å². The van der Waals surface area contributed by atoms with E-state index in [0.29, 0.717) is 11.3 Å². The lowest BCUT2D eigenvalue weighted by Gasteiger charge is -2.38. The Balaban J connectivity index is 0.00000256. The van der Waals surface area contributed by atoms with Gasteiger partial charge < -0.3 is 10.8 Å². The molecule has 17 heavy (non-hydrogen) atoms. The van der Waals surface area contributed by atoms with Crippen molar-refractivity contribution in [2.45, 2.75) is 46.5 Å². The Labute approximate surface area is 111 Å². The molecule has 102 valence electrons. The Kier molecular flexibility index (Phi) is 6.49. The summed E-state index contributed by atoms with van der Waals surface area (Å²) in [5.41, 5.74) is 5.90. The number of carbonyl (C=O) groups is 1. The highest BCUT2D eigenvalue weighted by Crippen LogP contribution is 2.41. The Morgan fingerprint density at radius 3 is 2.06 bits per heavy atom. The van der Waals surface area contributed by atoms with E-state index in [1.54, 1.807) is 0 Å². The van der Waals surface area contributed by atoms with Crippen molar-refractivity contribution < 1.29 is 9.90 Å². The molecule has 0 aromatic rings. The molecular weight excluding hydrogens is 238 g/mol. The lowest BCUT2D eigenvalue weighted by molar-refractivity contribution is -0.144. The third kappa shape index (κ3) is 4.47. The van der Waals surface area contributed by atoms with Gasteiger partial charge in [-0.2, -0.15) is 0 Å². The van der Waals surface area contributed by atoms with Gasteiger partial charge in [-0.25, -0.2) is 0 Å². The molecule has 0 saturated heterocycles. The van der Waals surface area contributed by atoms with Crippen LogP contribution in [0.15, 0.2) is 0 Å². The van der Waals surface area contributed by atoms with Gasteiger partial charge in [0, 0.05) is 6.54 Å². The summed E-state index contributed by atoms with van der Waals surface area (Å²) in [6.45, 7) is 7.10. The first-order valence-corrected chi connectivity index (χ1v) is 6.29. The summed E-state index contributed by atoms with van der Waals surface area (Å²) in [5.74, 6) is -0.0281. The number of carboxylic acids is 1. The van der Waals surface area contributed by atoms with Gasteiger partial charge in [0.25, 0.3) is 0 Å². The monoisotopic (exact) mass is 263 g/mol. The van der Waals surface area contributed by atoms with Crippen LogP contribution in [-0.2, 0) is 4.79 Å². The van der Waals surface area contributed by atoms with Crippen molar-refractivity contribution in [3.05, 3.63) is 0 Å². The molecule has 1 saturated carbocycles. The average molecular weight is 264 g/mol. The van der Waals surface area contributed by atoms with Gasteiger partial charge >= 0.3 is 5.97 Å².